The molecule has 5 heteroatoms. The lowest BCUT2D eigenvalue weighted by atomic mass is 9.75. The number of carbonyl (C=O) groups is 1. The summed E-state index contributed by atoms with van der Waals surface area (Å²) in [7, 11) is 0. The first-order chi connectivity index (χ1) is 13.2. The van der Waals surface area contributed by atoms with Gasteiger partial charge >= 0.3 is 0 Å². The quantitative estimate of drug-likeness (QED) is 0.607. The number of H-pyrrole nitrogens is 1. The average Bonchev–Trinajstić information content (AvgIpc) is 3.06. The van der Waals surface area contributed by atoms with Crippen molar-refractivity contribution in [3.63, 3.8) is 0 Å². The predicted molar refractivity (Wildman–Crippen MR) is 109 cm³/mol. The summed E-state index contributed by atoms with van der Waals surface area (Å²) in [5.41, 5.74) is 2.63. The van der Waals surface area contributed by atoms with Gasteiger partial charge in [0.25, 0.3) is 5.91 Å². The van der Waals surface area contributed by atoms with Gasteiger partial charge < -0.3 is 10.3 Å². The standard InChI is InChI=1S/C22H24ClN3O/c23-20-17-9-13-25-19(17)8-7-18(20)21(27)26-15-22(10-3-1-2-4-11-22)16-6-5-12-24-14-16/h5-9,12-14,25H,1-4,10-11,15H2,(H,26,27). The molecule has 0 bridgehead atoms. The molecular weight excluding hydrogens is 358 g/mol. The van der Waals surface area contributed by atoms with Crippen LogP contribution in [0.1, 0.15) is 54.4 Å². The maximum absolute atomic E-state index is 12.9. The monoisotopic (exact) mass is 381 g/mol. The summed E-state index contributed by atoms with van der Waals surface area (Å²) in [6, 6.07) is 9.72. The maximum Gasteiger partial charge on any atom is 0.252 e. The maximum atomic E-state index is 12.9. The molecule has 0 atom stereocenters. The first kappa shape index (κ1) is 18.1. The minimum Gasteiger partial charge on any atom is -0.361 e. The van der Waals surface area contributed by atoms with Crippen molar-refractivity contribution in [3.8, 4) is 0 Å². The van der Waals surface area contributed by atoms with E-state index in [4.69, 9.17) is 11.6 Å². The van der Waals surface area contributed by atoms with Crippen LogP contribution in [-0.2, 0) is 5.41 Å². The van der Waals surface area contributed by atoms with E-state index >= 15 is 0 Å². The second-order valence-electron chi connectivity index (χ2n) is 7.48. The van der Waals surface area contributed by atoms with Crippen molar-refractivity contribution >= 4 is 28.4 Å². The number of amides is 1. The van der Waals surface area contributed by atoms with Gasteiger partial charge in [0.1, 0.15) is 0 Å². The topological polar surface area (TPSA) is 57.8 Å². The molecule has 4 nitrogen and oxygen atoms in total. The third-order valence-corrected chi connectivity index (χ3v) is 6.24. The van der Waals surface area contributed by atoms with Gasteiger partial charge in [0.15, 0.2) is 0 Å². The minimum absolute atomic E-state index is 0.0505. The molecule has 2 heterocycles. The Bertz CT molecular complexity index is 927. The van der Waals surface area contributed by atoms with Crippen LogP contribution in [0.25, 0.3) is 10.9 Å². The van der Waals surface area contributed by atoms with Gasteiger partial charge in [-0.1, -0.05) is 43.4 Å². The third kappa shape index (κ3) is 3.59. The highest BCUT2D eigenvalue weighted by Gasteiger charge is 2.33. The summed E-state index contributed by atoms with van der Waals surface area (Å²) in [6.07, 6.45) is 12.6. The number of aromatic amines is 1. The fourth-order valence-electron chi connectivity index (χ4n) is 4.27. The molecule has 1 aliphatic rings. The smallest absolute Gasteiger partial charge is 0.252 e. The van der Waals surface area contributed by atoms with Gasteiger partial charge in [-0.3, -0.25) is 9.78 Å². The van der Waals surface area contributed by atoms with E-state index in [-0.39, 0.29) is 11.3 Å². The van der Waals surface area contributed by atoms with Crippen molar-refractivity contribution in [2.45, 2.75) is 43.9 Å². The number of hydrogen-bond donors (Lipinski definition) is 2. The fourth-order valence-corrected chi connectivity index (χ4v) is 4.58. The zero-order valence-electron chi connectivity index (χ0n) is 15.3. The van der Waals surface area contributed by atoms with E-state index in [2.05, 4.69) is 21.4 Å². The second-order valence-corrected chi connectivity index (χ2v) is 7.86. The van der Waals surface area contributed by atoms with Crippen molar-refractivity contribution in [2.24, 2.45) is 0 Å². The number of aromatic nitrogens is 2. The van der Waals surface area contributed by atoms with E-state index in [0.29, 0.717) is 17.1 Å². The van der Waals surface area contributed by atoms with Crippen molar-refractivity contribution in [1.29, 1.82) is 0 Å². The third-order valence-electron chi connectivity index (χ3n) is 5.84. The van der Waals surface area contributed by atoms with Gasteiger partial charge in [0.05, 0.1) is 10.6 Å². The first-order valence-electron chi connectivity index (χ1n) is 9.64. The molecule has 0 unspecified atom stereocenters. The van der Waals surface area contributed by atoms with Gasteiger partial charge in [-0.05, 0) is 42.7 Å². The molecule has 1 aromatic carbocycles. The Morgan fingerprint density at radius 3 is 2.70 bits per heavy atom. The second kappa shape index (κ2) is 7.73. The number of nitrogens with zero attached hydrogens (tertiary/aromatic N) is 1. The van der Waals surface area contributed by atoms with E-state index in [1.54, 1.807) is 12.3 Å². The molecule has 0 saturated heterocycles. The van der Waals surface area contributed by atoms with Gasteiger partial charge in [-0.25, -0.2) is 0 Å². The van der Waals surface area contributed by atoms with Crippen LogP contribution in [0.15, 0.2) is 48.9 Å². The van der Waals surface area contributed by atoms with Crippen LogP contribution in [0.2, 0.25) is 5.02 Å². The van der Waals surface area contributed by atoms with Crippen LogP contribution in [-0.4, -0.2) is 22.4 Å². The molecule has 140 valence electrons. The van der Waals surface area contributed by atoms with E-state index in [0.717, 1.165) is 23.7 Å². The molecule has 1 saturated carbocycles. The van der Waals surface area contributed by atoms with Gasteiger partial charge in [-0.2, -0.15) is 0 Å². The summed E-state index contributed by atoms with van der Waals surface area (Å²) in [4.78, 5) is 20.4. The average molecular weight is 382 g/mol. The highest BCUT2D eigenvalue weighted by Crippen LogP contribution is 2.38. The molecular formula is C22H24ClN3O. The molecule has 4 rings (SSSR count). The van der Waals surface area contributed by atoms with E-state index in [1.807, 2.05) is 30.6 Å². The van der Waals surface area contributed by atoms with Crippen LogP contribution in [0.5, 0.6) is 0 Å². The molecule has 3 aromatic rings. The molecule has 0 aliphatic heterocycles. The normalized spacial score (nSPS) is 16.8. The van der Waals surface area contributed by atoms with Gasteiger partial charge in [0, 0.05) is 41.5 Å². The first-order valence-corrected chi connectivity index (χ1v) is 10.0. The van der Waals surface area contributed by atoms with Crippen LogP contribution in [0.4, 0.5) is 0 Å². The highest BCUT2D eigenvalue weighted by molar-refractivity contribution is 6.38. The molecule has 2 aromatic heterocycles. The SMILES string of the molecule is O=C(NCC1(c2cccnc2)CCCCCC1)c1ccc2[nH]ccc2c1Cl. The zero-order chi connectivity index (χ0) is 18.7. The Morgan fingerprint density at radius 2 is 1.96 bits per heavy atom. The van der Waals surface area contributed by atoms with Crippen LogP contribution >= 0.6 is 11.6 Å². The van der Waals surface area contributed by atoms with Crippen molar-refractivity contribution in [2.75, 3.05) is 6.54 Å². The summed E-state index contributed by atoms with van der Waals surface area (Å²) in [6.45, 7) is 0.610. The number of fused-ring (bicyclic) bond motifs is 1. The highest BCUT2D eigenvalue weighted by atomic mass is 35.5. The van der Waals surface area contributed by atoms with E-state index < -0.39 is 0 Å². The summed E-state index contributed by atoms with van der Waals surface area (Å²) >= 11 is 6.49. The van der Waals surface area contributed by atoms with Gasteiger partial charge in [0.2, 0.25) is 0 Å². The van der Waals surface area contributed by atoms with E-state index in [9.17, 15) is 4.79 Å². The molecule has 2 N–H and O–H groups in total. The number of halogens is 1. The Kier molecular flexibility index (Phi) is 5.17. The van der Waals surface area contributed by atoms with Crippen molar-refractivity contribution < 1.29 is 4.79 Å². The predicted octanol–water partition coefficient (Wildman–Crippen LogP) is 5.24. The van der Waals surface area contributed by atoms with Crippen LogP contribution in [0, 0.1) is 0 Å². The fraction of sp³-hybridized carbons (Fsp3) is 0.364. The largest absolute Gasteiger partial charge is 0.361 e. The van der Waals surface area contributed by atoms with Gasteiger partial charge in [-0.15, -0.1) is 0 Å². The number of rotatable bonds is 4. The summed E-state index contributed by atoms with van der Waals surface area (Å²) in [5.74, 6) is -0.115. The number of carbonyl (C=O) groups excluding carboxylic acids is 1. The van der Waals surface area contributed by atoms with Crippen LogP contribution in [0.3, 0.4) is 0 Å². The lowest BCUT2D eigenvalue weighted by Gasteiger charge is -2.33. The molecule has 27 heavy (non-hydrogen) atoms. The number of hydrogen-bond acceptors (Lipinski definition) is 2. The Morgan fingerprint density at radius 1 is 1.15 bits per heavy atom. The Labute approximate surface area is 164 Å². The number of benzene rings is 1. The summed E-state index contributed by atoms with van der Waals surface area (Å²) in [5, 5.41) is 4.55. The molecule has 1 fully saturated rings. The number of pyridine rings is 1. The molecule has 0 radical (unpaired) electrons. The van der Waals surface area contributed by atoms with Crippen molar-refractivity contribution in [3.05, 3.63) is 65.1 Å². The lowest BCUT2D eigenvalue weighted by Crippen LogP contribution is -2.40. The lowest BCUT2D eigenvalue weighted by molar-refractivity contribution is 0.0940. The Balaban J connectivity index is 1.58. The Hall–Kier alpha value is -2.33. The summed E-state index contributed by atoms with van der Waals surface area (Å²) < 4.78 is 0. The van der Waals surface area contributed by atoms with E-state index in [1.165, 1.54) is 31.2 Å². The zero-order valence-corrected chi connectivity index (χ0v) is 16.1. The molecule has 0 spiro atoms. The molecule has 1 aliphatic carbocycles. The van der Waals surface area contributed by atoms with Crippen molar-refractivity contribution in [1.82, 2.24) is 15.3 Å². The van der Waals surface area contributed by atoms with Crippen LogP contribution < -0.4 is 5.32 Å². The minimum atomic E-state index is -0.115. The number of nitrogens with one attached hydrogen (secondary N) is 2. The molecule has 1 amide bonds.